The number of pyridine rings is 4. The standard InChI is InChI=1S/C48H30N8/c1-3-11-35-29(7-1)23-33(27-51-35)47-41-17-13-37(53-41)45(31-9-5-21-49-25-31)39-15-19-43(55-39)48(34-24-30-8-2-4-12-36(30)52-28-34)44-20-16-40(56-44)46(32-10-6-22-50-26-32)38-14-18-42(47)54-38/h1-28,53,56H. The van der Waals surface area contributed by atoms with Crippen LogP contribution in [0.2, 0.25) is 0 Å². The maximum absolute atomic E-state index is 5.39. The van der Waals surface area contributed by atoms with E-state index in [0.29, 0.717) is 0 Å². The number of aromatic nitrogens is 8. The van der Waals surface area contributed by atoms with Crippen LogP contribution in [0.1, 0.15) is 22.8 Å². The van der Waals surface area contributed by atoms with Gasteiger partial charge in [-0.25, -0.2) is 9.97 Å². The highest BCUT2D eigenvalue weighted by Crippen LogP contribution is 2.38. The fourth-order valence-corrected chi connectivity index (χ4v) is 7.86. The Morgan fingerprint density at radius 3 is 1.14 bits per heavy atom. The summed E-state index contributed by atoms with van der Waals surface area (Å²) in [5, 5.41) is 2.10. The van der Waals surface area contributed by atoms with Crippen molar-refractivity contribution in [2.75, 3.05) is 0 Å². The van der Waals surface area contributed by atoms with Crippen molar-refractivity contribution < 1.29 is 0 Å². The van der Waals surface area contributed by atoms with Gasteiger partial charge < -0.3 is 9.97 Å². The zero-order chi connectivity index (χ0) is 37.0. The van der Waals surface area contributed by atoms with Crippen molar-refractivity contribution in [2.24, 2.45) is 0 Å². The number of para-hydroxylation sites is 2. The topological polar surface area (TPSA) is 109 Å². The molecule has 0 aliphatic carbocycles. The van der Waals surface area contributed by atoms with E-state index in [-0.39, 0.29) is 0 Å². The predicted octanol–water partition coefficient (Wildman–Crippen LogP) is 11.2. The monoisotopic (exact) mass is 718 g/mol. The Balaban J connectivity index is 1.30. The van der Waals surface area contributed by atoms with Crippen molar-refractivity contribution in [3.63, 3.8) is 0 Å². The molecule has 11 rings (SSSR count). The largest absolute Gasteiger partial charge is 0.354 e. The lowest BCUT2D eigenvalue weighted by atomic mass is 10.0. The second kappa shape index (κ2) is 12.9. The van der Waals surface area contributed by atoms with Crippen LogP contribution < -0.4 is 0 Å². The Morgan fingerprint density at radius 2 is 0.750 bits per heavy atom. The van der Waals surface area contributed by atoms with Crippen molar-refractivity contribution in [2.45, 2.75) is 0 Å². The number of H-pyrrole nitrogens is 2. The van der Waals surface area contributed by atoms with Crippen LogP contribution >= 0.6 is 0 Å². The Kier molecular flexibility index (Phi) is 7.31. The molecule has 0 atom stereocenters. The van der Waals surface area contributed by atoms with E-state index in [2.05, 4.69) is 105 Å². The second-order valence-electron chi connectivity index (χ2n) is 13.8. The first-order chi connectivity index (χ1) is 27.7. The Hall–Kier alpha value is -7.84. The lowest BCUT2D eigenvalue weighted by Gasteiger charge is -2.07. The van der Waals surface area contributed by atoms with Crippen LogP contribution in [-0.2, 0) is 0 Å². The molecular formula is C48H30N8. The van der Waals surface area contributed by atoms with Crippen LogP contribution in [0.5, 0.6) is 0 Å². The molecule has 7 aromatic heterocycles. The number of aromatic amines is 2. The highest BCUT2D eigenvalue weighted by molar-refractivity contribution is 6.01. The van der Waals surface area contributed by atoms with Crippen molar-refractivity contribution in [1.82, 2.24) is 39.9 Å². The van der Waals surface area contributed by atoms with Crippen LogP contribution in [0.4, 0.5) is 0 Å². The summed E-state index contributed by atoms with van der Waals surface area (Å²) in [6.07, 6.45) is 19.6. The van der Waals surface area contributed by atoms with Crippen molar-refractivity contribution in [1.29, 1.82) is 0 Å². The summed E-state index contributed by atoms with van der Waals surface area (Å²) in [4.78, 5) is 37.1. The molecule has 9 heterocycles. The molecule has 0 saturated heterocycles. The van der Waals surface area contributed by atoms with Gasteiger partial charge in [0.05, 0.1) is 33.8 Å². The molecule has 2 aromatic carbocycles. The summed E-state index contributed by atoms with van der Waals surface area (Å²) >= 11 is 0. The van der Waals surface area contributed by atoms with Crippen LogP contribution in [0.3, 0.4) is 0 Å². The summed E-state index contributed by atoms with van der Waals surface area (Å²) in [5.74, 6) is 0. The Morgan fingerprint density at radius 1 is 0.357 bits per heavy atom. The van der Waals surface area contributed by atoms with E-state index in [0.717, 1.165) is 111 Å². The Labute approximate surface area is 320 Å². The predicted molar refractivity (Wildman–Crippen MR) is 227 cm³/mol. The van der Waals surface area contributed by atoms with Gasteiger partial charge in [0.1, 0.15) is 0 Å². The molecule has 2 aliphatic rings. The molecule has 0 fully saturated rings. The van der Waals surface area contributed by atoms with Gasteiger partial charge in [-0.05, 0) is 85.0 Å². The van der Waals surface area contributed by atoms with Crippen LogP contribution in [-0.4, -0.2) is 39.9 Å². The first-order valence-electron chi connectivity index (χ1n) is 18.4. The number of benzene rings is 2. The van der Waals surface area contributed by atoms with Gasteiger partial charge in [0.15, 0.2) is 0 Å². The molecule has 0 amide bonds. The third kappa shape index (κ3) is 5.39. The summed E-state index contributed by atoms with van der Waals surface area (Å²) < 4.78 is 0. The number of fused-ring (bicyclic) bond motifs is 10. The second-order valence-corrected chi connectivity index (χ2v) is 13.8. The molecule has 8 nitrogen and oxygen atoms in total. The van der Waals surface area contributed by atoms with Gasteiger partial charge in [-0.1, -0.05) is 48.5 Å². The molecule has 56 heavy (non-hydrogen) atoms. The first-order valence-corrected chi connectivity index (χ1v) is 18.4. The molecule has 9 aromatic rings. The van der Waals surface area contributed by atoms with E-state index < -0.39 is 0 Å². The SMILES string of the molecule is C1=Cc2nc1c(-c1cccnc1)c1ccc([nH]1)c(-c1cnc3ccccc3c1)c1nc(c(-c3cccnc3)c3ccc([nH]3)c2-c2cnc3ccccc3c2)C=C1. The summed E-state index contributed by atoms with van der Waals surface area (Å²) in [7, 11) is 0. The van der Waals surface area contributed by atoms with E-state index >= 15 is 0 Å². The third-order valence-electron chi connectivity index (χ3n) is 10.4. The maximum Gasteiger partial charge on any atom is 0.0737 e. The number of rotatable bonds is 4. The van der Waals surface area contributed by atoms with Crippen LogP contribution in [0.25, 0.3) is 113 Å². The van der Waals surface area contributed by atoms with Gasteiger partial charge in [-0.3, -0.25) is 19.9 Å². The molecule has 0 radical (unpaired) electrons. The third-order valence-corrected chi connectivity index (χ3v) is 10.4. The van der Waals surface area contributed by atoms with Crippen LogP contribution in [0, 0.1) is 0 Å². The average Bonchev–Trinajstić information content (AvgIpc) is 4.10. The fourth-order valence-electron chi connectivity index (χ4n) is 7.86. The quantitative estimate of drug-likeness (QED) is 0.187. The molecule has 8 heteroatoms. The van der Waals surface area contributed by atoms with E-state index in [9.17, 15) is 0 Å². The minimum Gasteiger partial charge on any atom is -0.354 e. The van der Waals surface area contributed by atoms with Gasteiger partial charge in [0.2, 0.25) is 0 Å². The molecule has 0 unspecified atom stereocenters. The number of nitrogens with one attached hydrogen (secondary N) is 2. The number of hydrogen-bond acceptors (Lipinski definition) is 6. The van der Waals surface area contributed by atoms with Crippen molar-refractivity contribution >= 4 is 68.2 Å². The fraction of sp³-hybridized carbons (Fsp3) is 0. The molecule has 262 valence electrons. The summed E-state index contributed by atoms with van der Waals surface area (Å²) in [6.45, 7) is 0. The van der Waals surface area contributed by atoms with Crippen molar-refractivity contribution in [3.8, 4) is 44.5 Å². The zero-order valence-electron chi connectivity index (χ0n) is 29.8. The number of hydrogen-bond donors (Lipinski definition) is 2. The molecule has 0 saturated carbocycles. The maximum atomic E-state index is 5.39. The molecule has 0 spiro atoms. The van der Waals surface area contributed by atoms with Crippen molar-refractivity contribution in [3.05, 3.63) is 169 Å². The Bertz CT molecular complexity index is 3030. The average molecular weight is 719 g/mol. The van der Waals surface area contributed by atoms with E-state index in [4.69, 9.17) is 19.9 Å². The van der Waals surface area contributed by atoms with Gasteiger partial charge in [-0.2, -0.15) is 0 Å². The van der Waals surface area contributed by atoms with E-state index in [1.807, 2.05) is 73.3 Å². The van der Waals surface area contributed by atoms with Gasteiger partial charge in [0.25, 0.3) is 0 Å². The van der Waals surface area contributed by atoms with Gasteiger partial charge >= 0.3 is 0 Å². The van der Waals surface area contributed by atoms with Crippen LogP contribution in [0.15, 0.2) is 146 Å². The molecule has 2 aliphatic heterocycles. The summed E-state index contributed by atoms with van der Waals surface area (Å²) in [6, 6.07) is 37.2. The van der Waals surface area contributed by atoms with Gasteiger partial charge in [0, 0.05) is 115 Å². The smallest absolute Gasteiger partial charge is 0.0737 e. The number of nitrogens with zero attached hydrogens (tertiary/aromatic N) is 6. The minimum absolute atomic E-state index is 0.816. The molecular weight excluding hydrogens is 689 g/mol. The molecule has 8 bridgehead atoms. The van der Waals surface area contributed by atoms with E-state index in [1.165, 1.54) is 0 Å². The minimum atomic E-state index is 0.816. The first kappa shape index (κ1) is 31.7. The van der Waals surface area contributed by atoms with E-state index in [1.54, 1.807) is 12.4 Å². The van der Waals surface area contributed by atoms with Gasteiger partial charge in [-0.15, -0.1) is 0 Å². The zero-order valence-corrected chi connectivity index (χ0v) is 29.8. The normalized spacial score (nSPS) is 12.1. The lowest BCUT2D eigenvalue weighted by molar-refractivity contribution is 1.29. The highest BCUT2D eigenvalue weighted by atomic mass is 14.8. The molecule has 2 N–H and O–H groups in total. The highest BCUT2D eigenvalue weighted by Gasteiger charge is 2.19. The lowest BCUT2D eigenvalue weighted by Crippen LogP contribution is -1.91. The summed E-state index contributed by atoms with van der Waals surface area (Å²) in [5.41, 5.74) is 16.3.